The molecule has 1 atom stereocenters. The predicted molar refractivity (Wildman–Crippen MR) is 74.1 cm³/mol. The van der Waals surface area contributed by atoms with Crippen LogP contribution in [0.4, 0.5) is 10.5 Å². The number of benzene rings is 1. The lowest BCUT2D eigenvalue weighted by Gasteiger charge is -2.20. The molecule has 1 heterocycles. The molecule has 0 radical (unpaired) electrons. The number of amides is 3. The molecule has 2 N–H and O–H groups in total. The van der Waals surface area contributed by atoms with Gasteiger partial charge in [0.15, 0.2) is 0 Å². The molecule has 1 aromatic carbocycles. The molecule has 3 amide bonds. The highest BCUT2D eigenvalue weighted by Crippen LogP contribution is 2.15. The van der Waals surface area contributed by atoms with E-state index in [0.29, 0.717) is 13.1 Å². The largest absolute Gasteiger partial charge is 0.374 e. The van der Waals surface area contributed by atoms with Gasteiger partial charge in [0.2, 0.25) is 0 Å². The Morgan fingerprint density at radius 3 is 2.68 bits per heavy atom. The van der Waals surface area contributed by atoms with E-state index >= 15 is 0 Å². The fourth-order valence-electron chi connectivity index (χ4n) is 2.06. The van der Waals surface area contributed by atoms with Gasteiger partial charge in [-0.1, -0.05) is 6.07 Å². The molecule has 19 heavy (non-hydrogen) atoms. The van der Waals surface area contributed by atoms with Crippen molar-refractivity contribution in [3.05, 3.63) is 29.3 Å². The van der Waals surface area contributed by atoms with Gasteiger partial charge in [-0.05, 0) is 44.0 Å². The van der Waals surface area contributed by atoms with Gasteiger partial charge in [-0.25, -0.2) is 4.79 Å². The van der Waals surface area contributed by atoms with Crippen molar-refractivity contribution in [1.29, 1.82) is 0 Å². The first kappa shape index (κ1) is 13.4. The number of imide groups is 1. The number of nitrogens with one attached hydrogen (secondary N) is 2. The maximum atomic E-state index is 12.1. The van der Waals surface area contributed by atoms with Crippen LogP contribution in [-0.2, 0) is 4.79 Å². The van der Waals surface area contributed by atoms with Crippen molar-refractivity contribution in [2.45, 2.75) is 26.8 Å². The summed E-state index contributed by atoms with van der Waals surface area (Å²) in [4.78, 5) is 24.8. The minimum absolute atomic E-state index is 0.201. The molecule has 1 aliphatic rings. The minimum Gasteiger partial charge on any atom is -0.374 e. The molecule has 1 unspecified atom stereocenters. The molecule has 1 aliphatic heterocycles. The van der Waals surface area contributed by atoms with Gasteiger partial charge in [-0.2, -0.15) is 0 Å². The second-order valence-electron chi connectivity index (χ2n) is 4.89. The molecule has 5 heteroatoms. The average Bonchev–Trinajstić information content (AvgIpc) is 2.79. The second kappa shape index (κ2) is 5.30. The number of anilines is 1. The van der Waals surface area contributed by atoms with Crippen LogP contribution in [0.3, 0.4) is 0 Å². The molecule has 2 rings (SSSR count). The predicted octanol–water partition coefficient (Wildman–Crippen LogP) is 1.66. The van der Waals surface area contributed by atoms with E-state index in [0.717, 1.165) is 5.69 Å². The Labute approximate surface area is 113 Å². The van der Waals surface area contributed by atoms with Crippen molar-refractivity contribution in [3.8, 4) is 0 Å². The van der Waals surface area contributed by atoms with Crippen LogP contribution < -0.4 is 10.6 Å². The maximum absolute atomic E-state index is 12.1. The Balaban J connectivity index is 2.03. The van der Waals surface area contributed by atoms with Gasteiger partial charge in [0.25, 0.3) is 5.91 Å². The maximum Gasteiger partial charge on any atom is 0.324 e. The molecular formula is C14H19N3O2. The van der Waals surface area contributed by atoms with E-state index in [4.69, 9.17) is 0 Å². The van der Waals surface area contributed by atoms with Crippen LogP contribution in [0, 0.1) is 13.8 Å². The van der Waals surface area contributed by atoms with E-state index in [1.165, 1.54) is 16.0 Å². The molecular weight excluding hydrogens is 242 g/mol. The molecule has 1 fully saturated rings. The zero-order valence-electron chi connectivity index (χ0n) is 11.5. The fourth-order valence-corrected chi connectivity index (χ4v) is 2.06. The summed E-state index contributed by atoms with van der Waals surface area (Å²) in [6.45, 7) is 6.81. The summed E-state index contributed by atoms with van der Waals surface area (Å²) in [6.07, 6.45) is 0. The molecule has 0 saturated carbocycles. The molecule has 0 bridgehead atoms. The summed E-state index contributed by atoms with van der Waals surface area (Å²) in [5.74, 6) is -0.201. The van der Waals surface area contributed by atoms with Crippen LogP contribution in [0.1, 0.15) is 18.1 Å². The van der Waals surface area contributed by atoms with Crippen molar-refractivity contribution in [2.75, 3.05) is 18.4 Å². The monoisotopic (exact) mass is 261 g/mol. The number of carbonyl (C=O) groups is 2. The van der Waals surface area contributed by atoms with Crippen molar-refractivity contribution in [3.63, 3.8) is 0 Å². The van der Waals surface area contributed by atoms with Crippen molar-refractivity contribution in [2.24, 2.45) is 0 Å². The van der Waals surface area contributed by atoms with Gasteiger partial charge in [-0.15, -0.1) is 0 Å². The topological polar surface area (TPSA) is 61.4 Å². The molecule has 1 aromatic rings. The Morgan fingerprint density at radius 2 is 2.11 bits per heavy atom. The van der Waals surface area contributed by atoms with Crippen LogP contribution >= 0.6 is 0 Å². The third kappa shape index (κ3) is 2.86. The van der Waals surface area contributed by atoms with Crippen molar-refractivity contribution >= 4 is 17.6 Å². The Morgan fingerprint density at radius 1 is 1.37 bits per heavy atom. The first-order valence-corrected chi connectivity index (χ1v) is 6.42. The van der Waals surface area contributed by atoms with Gasteiger partial charge in [0.05, 0.1) is 0 Å². The van der Waals surface area contributed by atoms with Gasteiger partial charge in [-0.3, -0.25) is 9.69 Å². The third-order valence-corrected chi connectivity index (χ3v) is 3.38. The number of rotatable bonds is 3. The second-order valence-corrected chi connectivity index (χ2v) is 4.89. The van der Waals surface area contributed by atoms with Crippen molar-refractivity contribution in [1.82, 2.24) is 10.2 Å². The highest BCUT2D eigenvalue weighted by Gasteiger charge is 2.29. The molecule has 0 aliphatic carbocycles. The number of hydrogen-bond donors (Lipinski definition) is 2. The first-order valence-electron chi connectivity index (χ1n) is 6.42. The average molecular weight is 261 g/mol. The molecule has 5 nitrogen and oxygen atoms in total. The summed E-state index contributed by atoms with van der Waals surface area (Å²) in [5.41, 5.74) is 3.27. The molecule has 102 valence electrons. The van der Waals surface area contributed by atoms with Crippen LogP contribution in [0.25, 0.3) is 0 Å². The number of hydrogen-bond acceptors (Lipinski definition) is 3. The summed E-state index contributed by atoms with van der Waals surface area (Å²) < 4.78 is 0. The number of carbonyl (C=O) groups excluding carboxylic acids is 2. The number of nitrogens with zero attached hydrogens (tertiary/aromatic N) is 1. The van der Waals surface area contributed by atoms with E-state index in [2.05, 4.69) is 10.6 Å². The lowest BCUT2D eigenvalue weighted by Crippen LogP contribution is -2.43. The van der Waals surface area contributed by atoms with Gasteiger partial charge in [0.1, 0.15) is 6.04 Å². The fraction of sp³-hybridized carbons (Fsp3) is 0.429. The lowest BCUT2D eigenvalue weighted by atomic mass is 10.1. The van der Waals surface area contributed by atoms with E-state index in [-0.39, 0.29) is 11.9 Å². The Kier molecular flexibility index (Phi) is 3.74. The smallest absolute Gasteiger partial charge is 0.324 e. The summed E-state index contributed by atoms with van der Waals surface area (Å²) in [7, 11) is 0. The molecule has 0 aromatic heterocycles. The Hall–Kier alpha value is -2.04. The van der Waals surface area contributed by atoms with Gasteiger partial charge < -0.3 is 10.6 Å². The summed E-state index contributed by atoms with van der Waals surface area (Å²) in [6, 6.07) is 5.22. The van der Waals surface area contributed by atoms with Crippen LogP contribution in [0.15, 0.2) is 18.2 Å². The zero-order valence-corrected chi connectivity index (χ0v) is 11.5. The van der Waals surface area contributed by atoms with E-state index in [1.807, 2.05) is 32.0 Å². The summed E-state index contributed by atoms with van der Waals surface area (Å²) >= 11 is 0. The molecule has 0 spiro atoms. The standard InChI is InChI=1S/C14H19N3O2/c1-9-4-5-12(8-10(9)2)16-11(3)13(18)17-7-6-15-14(17)19/h4-5,8,11,16H,6-7H2,1-3H3,(H,15,19). The van der Waals surface area contributed by atoms with Gasteiger partial charge >= 0.3 is 6.03 Å². The summed E-state index contributed by atoms with van der Waals surface area (Å²) in [5, 5.41) is 5.76. The zero-order chi connectivity index (χ0) is 14.0. The number of aryl methyl sites for hydroxylation is 2. The van der Waals surface area contributed by atoms with Crippen LogP contribution in [0.5, 0.6) is 0 Å². The highest BCUT2D eigenvalue weighted by atomic mass is 16.2. The van der Waals surface area contributed by atoms with E-state index < -0.39 is 6.04 Å². The molecule has 1 saturated heterocycles. The van der Waals surface area contributed by atoms with E-state index in [1.54, 1.807) is 6.92 Å². The van der Waals surface area contributed by atoms with Crippen LogP contribution in [-0.4, -0.2) is 36.0 Å². The van der Waals surface area contributed by atoms with Crippen molar-refractivity contribution < 1.29 is 9.59 Å². The Bertz CT molecular complexity index is 513. The quantitative estimate of drug-likeness (QED) is 0.869. The number of urea groups is 1. The SMILES string of the molecule is Cc1ccc(NC(C)C(=O)N2CCNC2=O)cc1C. The first-order chi connectivity index (χ1) is 8.99. The van der Waals surface area contributed by atoms with E-state index in [9.17, 15) is 9.59 Å². The van der Waals surface area contributed by atoms with Gasteiger partial charge in [0, 0.05) is 18.8 Å². The third-order valence-electron chi connectivity index (χ3n) is 3.38. The van der Waals surface area contributed by atoms with Crippen LogP contribution in [0.2, 0.25) is 0 Å². The normalized spacial score (nSPS) is 16.2. The minimum atomic E-state index is -0.425. The lowest BCUT2D eigenvalue weighted by molar-refractivity contribution is -0.128. The highest BCUT2D eigenvalue weighted by molar-refractivity contribution is 5.99.